The molecule has 4 heterocycles. The van der Waals surface area contributed by atoms with E-state index >= 15 is 0 Å². The van der Waals surface area contributed by atoms with Gasteiger partial charge in [-0.1, -0.05) is 33.9 Å². The standard InChI is InChI=1S/C17H29NO5Si/c1-16(2,3)24(6,7)12-13(19)18-8-9-10(21-14(12)18)11-15(20-9)23-17(4,5)22-11/h9-12,14-15H,8H2,1-7H3/t9-,10+,11-,12+,14-,15-/m1/s1. The predicted octanol–water partition coefficient (Wildman–Crippen LogP) is 2.31. The Bertz CT molecular complexity index is 572. The Balaban J connectivity index is 1.55. The van der Waals surface area contributed by atoms with Crippen molar-refractivity contribution in [3.63, 3.8) is 0 Å². The Morgan fingerprint density at radius 3 is 2.42 bits per heavy atom. The second-order valence-corrected chi connectivity index (χ2v) is 15.1. The fraction of sp³-hybridized carbons (Fsp3) is 0.941. The van der Waals surface area contributed by atoms with Crippen LogP contribution in [0, 0.1) is 0 Å². The number of β-lactam (4-membered cyclic amide) rings is 1. The highest BCUT2D eigenvalue weighted by molar-refractivity contribution is 6.84. The molecule has 6 nitrogen and oxygen atoms in total. The zero-order valence-corrected chi connectivity index (χ0v) is 16.7. The SMILES string of the molecule is CC1(C)O[C@H]2O[C@@H]3CN4C(=O)[C@H]([Si](C)(C)C(C)(C)C)[C@H]4O[C@@H]3[C@H]2O1. The fourth-order valence-corrected chi connectivity index (χ4v) is 6.90. The molecule has 6 atom stereocenters. The van der Waals surface area contributed by atoms with E-state index in [2.05, 4.69) is 33.9 Å². The molecular formula is C17H29NO5Si. The summed E-state index contributed by atoms with van der Waals surface area (Å²) in [5.41, 5.74) is 0.00725. The van der Waals surface area contributed by atoms with Crippen LogP contribution in [0.5, 0.6) is 0 Å². The van der Waals surface area contributed by atoms with Crippen LogP contribution in [-0.2, 0) is 23.7 Å². The van der Waals surface area contributed by atoms with Crippen molar-refractivity contribution >= 4 is 14.0 Å². The van der Waals surface area contributed by atoms with E-state index in [1.165, 1.54) is 0 Å². The summed E-state index contributed by atoms with van der Waals surface area (Å²) >= 11 is 0. The molecule has 0 aromatic heterocycles. The Morgan fingerprint density at radius 2 is 1.79 bits per heavy atom. The number of rotatable bonds is 1. The van der Waals surface area contributed by atoms with Crippen molar-refractivity contribution in [2.45, 2.75) is 94.9 Å². The number of ether oxygens (including phenoxy) is 4. The van der Waals surface area contributed by atoms with E-state index in [9.17, 15) is 4.79 Å². The van der Waals surface area contributed by atoms with Gasteiger partial charge in [-0.25, -0.2) is 0 Å². The lowest BCUT2D eigenvalue weighted by Gasteiger charge is -2.59. The molecule has 0 aromatic rings. The van der Waals surface area contributed by atoms with Crippen molar-refractivity contribution < 1.29 is 23.7 Å². The Hall–Kier alpha value is -0.473. The first-order valence-corrected chi connectivity index (χ1v) is 12.0. The molecule has 0 aliphatic carbocycles. The first-order valence-electron chi connectivity index (χ1n) is 8.89. The van der Waals surface area contributed by atoms with Crippen molar-refractivity contribution in [1.82, 2.24) is 4.90 Å². The van der Waals surface area contributed by atoms with Gasteiger partial charge in [0.2, 0.25) is 5.91 Å². The zero-order valence-electron chi connectivity index (χ0n) is 15.7. The van der Waals surface area contributed by atoms with Crippen molar-refractivity contribution in [2.75, 3.05) is 6.54 Å². The summed E-state index contributed by atoms with van der Waals surface area (Å²) in [6.45, 7) is 15.7. The minimum Gasteiger partial charge on any atom is -0.349 e. The van der Waals surface area contributed by atoms with E-state index in [0.717, 1.165) is 0 Å². The highest BCUT2D eigenvalue weighted by atomic mass is 28.3. The third-order valence-corrected chi connectivity index (χ3v) is 12.6. The molecule has 0 spiro atoms. The van der Waals surface area contributed by atoms with Crippen LogP contribution in [0.1, 0.15) is 34.6 Å². The summed E-state index contributed by atoms with van der Waals surface area (Å²) in [6.07, 6.45) is -1.04. The molecule has 0 aromatic carbocycles. The average molecular weight is 356 g/mol. The van der Waals surface area contributed by atoms with Gasteiger partial charge in [0, 0.05) is 0 Å². The minimum atomic E-state index is -1.83. The van der Waals surface area contributed by atoms with Gasteiger partial charge in [0.15, 0.2) is 12.1 Å². The second kappa shape index (κ2) is 4.82. The molecule has 4 aliphatic heterocycles. The van der Waals surface area contributed by atoms with E-state index in [1.807, 2.05) is 18.7 Å². The van der Waals surface area contributed by atoms with E-state index < -0.39 is 20.2 Å². The predicted molar refractivity (Wildman–Crippen MR) is 90.0 cm³/mol. The Morgan fingerprint density at radius 1 is 1.12 bits per heavy atom. The molecule has 0 unspecified atom stereocenters. The third kappa shape index (κ3) is 2.18. The number of nitrogens with zero attached hydrogens (tertiary/aromatic N) is 1. The normalized spacial score (nSPS) is 44.0. The van der Waals surface area contributed by atoms with Gasteiger partial charge in [-0.05, 0) is 18.9 Å². The molecule has 7 heteroatoms. The van der Waals surface area contributed by atoms with E-state index in [1.54, 1.807) is 0 Å². The number of fused-ring (bicyclic) bond motifs is 4. The van der Waals surface area contributed by atoms with Crippen LogP contribution in [0.3, 0.4) is 0 Å². The van der Waals surface area contributed by atoms with Gasteiger partial charge in [-0.2, -0.15) is 0 Å². The summed E-state index contributed by atoms with van der Waals surface area (Å²) in [7, 11) is -1.83. The average Bonchev–Trinajstić information content (AvgIpc) is 2.87. The molecule has 4 rings (SSSR count). The molecule has 0 N–H and O–H groups in total. The van der Waals surface area contributed by atoms with Crippen LogP contribution in [0.15, 0.2) is 0 Å². The van der Waals surface area contributed by atoms with Gasteiger partial charge >= 0.3 is 0 Å². The smallest absolute Gasteiger partial charge is 0.229 e. The lowest BCUT2D eigenvalue weighted by atomic mass is 10.0. The lowest BCUT2D eigenvalue weighted by Crippen LogP contribution is -2.73. The number of amides is 1. The highest BCUT2D eigenvalue weighted by Gasteiger charge is 2.66. The van der Waals surface area contributed by atoms with Gasteiger partial charge in [-0.3, -0.25) is 4.79 Å². The molecule has 4 fully saturated rings. The Kier molecular flexibility index (Phi) is 3.41. The summed E-state index contributed by atoms with van der Waals surface area (Å²) in [5.74, 6) is -0.414. The first-order chi connectivity index (χ1) is 10.9. The first kappa shape index (κ1) is 17.0. The lowest BCUT2D eigenvalue weighted by molar-refractivity contribution is -0.261. The van der Waals surface area contributed by atoms with E-state index in [4.69, 9.17) is 18.9 Å². The number of hydrogen-bond acceptors (Lipinski definition) is 5. The molecule has 4 aliphatic rings. The molecule has 24 heavy (non-hydrogen) atoms. The summed E-state index contributed by atoms with van der Waals surface area (Å²) in [6, 6.07) is 0. The highest BCUT2D eigenvalue weighted by Crippen LogP contribution is 2.54. The van der Waals surface area contributed by atoms with Crippen molar-refractivity contribution in [2.24, 2.45) is 0 Å². The van der Waals surface area contributed by atoms with Crippen LogP contribution < -0.4 is 0 Å². The van der Waals surface area contributed by atoms with Gasteiger partial charge in [0.1, 0.15) is 24.5 Å². The van der Waals surface area contributed by atoms with Crippen LogP contribution in [0.25, 0.3) is 0 Å². The maximum Gasteiger partial charge on any atom is 0.229 e. The molecule has 4 saturated heterocycles. The maximum absolute atomic E-state index is 12.8. The quantitative estimate of drug-likeness (QED) is 0.534. The summed E-state index contributed by atoms with van der Waals surface area (Å²) in [4.78, 5) is 14.6. The topological polar surface area (TPSA) is 57.2 Å². The molecular weight excluding hydrogens is 326 g/mol. The molecule has 1 amide bonds. The third-order valence-electron chi connectivity index (χ3n) is 6.61. The summed E-state index contributed by atoms with van der Waals surface area (Å²) < 4.78 is 24.2. The van der Waals surface area contributed by atoms with E-state index in [-0.39, 0.29) is 41.0 Å². The van der Waals surface area contributed by atoms with Crippen LogP contribution in [-0.4, -0.2) is 62.0 Å². The van der Waals surface area contributed by atoms with Crippen LogP contribution in [0.4, 0.5) is 0 Å². The number of carbonyl (C=O) groups excluding carboxylic acids is 1. The van der Waals surface area contributed by atoms with Crippen LogP contribution in [0.2, 0.25) is 23.7 Å². The summed E-state index contributed by atoms with van der Waals surface area (Å²) in [5, 5.41) is 0.142. The van der Waals surface area contributed by atoms with Crippen molar-refractivity contribution in [1.29, 1.82) is 0 Å². The molecule has 0 radical (unpaired) electrons. The fourth-order valence-electron chi connectivity index (χ4n) is 4.21. The minimum absolute atomic E-state index is 0.00725. The van der Waals surface area contributed by atoms with Crippen molar-refractivity contribution in [3.05, 3.63) is 0 Å². The van der Waals surface area contributed by atoms with Crippen molar-refractivity contribution in [3.8, 4) is 0 Å². The Labute approximate surface area is 144 Å². The van der Waals surface area contributed by atoms with Gasteiger partial charge < -0.3 is 23.8 Å². The number of hydrogen-bond donors (Lipinski definition) is 0. The van der Waals surface area contributed by atoms with E-state index in [0.29, 0.717) is 6.54 Å². The molecule has 0 bridgehead atoms. The van der Waals surface area contributed by atoms with Gasteiger partial charge in [0.05, 0.1) is 20.2 Å². The van der Waals surface area contributed by atoms with Crippen LogP contribution >= 0.6 is 0 Å². The largest absolute Gasteiger partial charge is 0.349 e. The monoisotopic (exact) mass is 355 g/mol. The van der Waals surface area contributed by atoms with Gasteiger partial charge in [-0.15, -0.1) is 0 Å². The maximum atomic E-state index is 12.8. The molecule has 136 valence electrons. The second-order valence-electron chi connectivity index (χ2n) is 9.57. The zero-order chi connectivity index (χ0) is 17.7. The molecule has 0 saturated carbocycles. The van der Waals surface area contributed by atoms with Gasteiger partial charge in [0.25, 0.3) is 0 Å². The number of carbonyl (C=O) groups is 1.